The van der Waals surface area contributed by atoms with E-state index in [0.717, 1.165) is 32.8 Å². The van der Waals surface area contributed by atoms with E-state index in [9.17, 15) is 18.0 Å². The molecule has 3 rings (SSSR count). The molecule has 8 heteroatoms. The lowest BCUT2D eigenvalue weighted by Gasteiger charge is -2.34. The topological polar surface area (TPSA) is 86.8 Å². The summed E-state index contributed by atoms with van der Waals surface area (Å²) >= 11 is 0. The number of carbonyl (C=O) groups excluding carboxylic acids is 2. The van der Waals surface area contributed by atoms with Crippen molar-refractivity contribution in [1.29, 1.82) is 0 Å². The minimum Gasteiger partial charge on any atom is -0.354 e. The van der Waals surface area contributed by atoms with E-state index >= 15 is 0 Å². The van der Waals surface area contributed by atoms with Gasteiger partial charge in [-0.05, 0) is 52.6 Å². The molecular formula is C34H45N3O4S. The van der Waals surface area contributed by atoms with Gasteiger partial charge >= 0.3 is 0 Å². The van der Waals surface area contributed by atoms with E-state index in [4.69, 9.17) is 0 Å². The molecular weight excluding hydrogens is 546 g/mol. The maximum Gasteiger partial charge on any atom is 0.244 e. The lowest BCUT2D eigenvalue weighted by Crippen LogP contribution is -2.53. The Balaban J connectivity index is 2.05. The van der Waals surface area contributed by atoms with Crippen LogP contribution in [0.15, 0.2) is 78.9 Å². The second kappa shape index (κ2) is 14.0. The van der Waals surface area contributed by atoms with Gasteiger partial charge in [0, 0.05) is 19.5 Å². The minimum atomic E-state index is -3.82. The molecule has 0 aliphatic heterocycles. The number of hydrogen-bond donors (Lipinski definition) is 1. The summed E-state index contributed by atoms with van der Waals surface area (Å²) in [5, 5.41) is 3.01. The van der Waals surface area contributed by atoms with Crippen LogP contribution in [-0.4, -0.2) is 50.5 Å². The van der Waals surface area contributed by atoms with Gasteiger partial charge in [-0.2, -0.15) is 0 Å². The number of rotatable bonds is 12. The molecule has 2 amide bonds. The van der Waals surface area contributed by atoms with Crippen molar-refractivity contribution in [3.8, 4) is 0 Å². The van der Waals surface area contributed by atoms with Crippen LogP contribution >= 0.6 is 0 Å². The molecule has 0 fully saturated rings. The first kappa shape index (κ1) is 32.9. The lowest BCUT2D eigenvalue weighted by molar-refractivity contribution is -0.140. The third-order valence-corrected chi connectivity index (χ3v) is 8.40. The summed E-state index contributed by atoms with van der Waals surface area (Å²) in [6.45, 7) is 12.4. The van der Waals surface area contributed by atoms with Gasteiger partial charge in [-0.15, -0.1) is 0 Å². The van der Waals surface area contributed by atoms with Gasteiger partial charge in [-0.3, -0.25) is 13.9 Å². The summed E-state index contributed by atoms with van der Waals surface area (Å²) in [7, 11) is -3.82. The predicted octanol–water partition coefficient (Wildman–Crippen LogP) is 5.47. The number of sulfonamides is 1. The Hall–Kier alpha value is -3.65. The first-order valence-corrected chi connectivity index (χ1v) is 16.3. The molecule has 0 radical (unpaired) electrons. The molecule has 226 valence electrons. The molecule has 0 saturated carbocycles. The van der Waals surface area contributed by atoms with Crippen LogP contribution in [0.5, 0.6) is 0 Å². The maximum absolute atomic E-state index is 14.2. The summed E-state index contributed by atoms with van der Waals surface area (Å²) in [6, 6.07) is 23.7. The Labute approximate surface area is 252 Å². The van der Waals surface area contributed by atoms with Gasteiger partial charge in [0.15, 0.2) is 0 Å². The van der Waals surface area contributed by atoms with Crippen molar-refractivity contribution >= 4 is 27.5 Å². The molecule has 0 aliphatic rings. The Morgan fingerprint density at radius 2 is 1.48 bits per heavy atom. The average Bonchev–Trinajstić information content (AvgIpc) is 2.92. The summed E-state index contributed by atoms with van der Waals surface area (Å²) in [5.74, 6) is -0.497. The lowest BCUT2D eigenvalue weighted by atomic mass is 9.87. The highest BCUT2D eigenvalue weighted by Gasteiger charge is 2.33. The Bertz CT molecular complexity index is 1450. The monoisotopic (exact) mass is 591 g/mol. The van der Waals surface area contributed by atoms with Crippen molar-refractivity contribution < 1.29 is 18.0 Å². The van der Waals surface area contributed by atoms with E-state index in [1.807, 2.05) is 87.5 Å². The van der Waals surface area contributed by atoms with E-state index < -0.39 is 28.5 Å². The van der Waals surface area contributed by atoms with E-state index in [1.165, 1.54) is 4.90 Å². The maximum atomic E-state index is 14.2. The van der Waals surface area contributed by atoms with Crippen LogP contribution in [0.1, 0.15) is 56.9 Å². The Kier molecular flexibility index (Phi) is 11.0. The van der Waals surface area contributed by atoms with Gasteiger partial charge in [0.2, 0.25) is 21.8 Å². The van der Waals surface area contributed by atoms with Crippen molar-refractivity contribution in [1.82, 2.24) is 10.2 Å². The molecule has 1 N–H and O–H groups in total. The van der Waals surface area contributed by atoms with E-state index in [0.29, 0.717) is 18.7 Å². The first-order chi connectivity index (χ1) is 19.7. The van der Waals surface area contributed by atoms with Crippen molar-refractivity contribution in [2.45, 2.75) is 66.0 Å². The van der Waals surface area contributed by atoms with Crippen LogP contribution < -0.4 is 9.62 Å². The highest BCUT2D eigenvalue weighted by Crippen LogP contribution is 2.26. The first-order valence-electron chi connectivity index (χ1n) is 14.4. The van der Waals surface area contributed by atoms with Gasteiger partial charge in [0.05, 0.1) is 11.9 Å². The fraction of sp³-hybridized carbons (Fsp3) is 0.412. The number of anilines is 1. The molecule has 0 aliphatic carbocycles. The normalized spacial score (nSPS) is 12.6. The number of nitrogens with one attached hydrogen (secondary N) is 1. The van der Waals surface area contributed by atoms with Crippen LogP contribution in [0.2, 0.25) is 0 Å². The van der Waals surface area contributed by atoms with Crippen LogP contribution in [0.4, 0.5) is 5.69 Å². The van der Waals surface area contributed by atoms with Crippen LogP contribution in [0.25, 0.3) is 0 Å². The molecule has 0 saturated heterocycles. The molecule has 0 heterocycles. The van der Waals surface area contributed by atoms with Crippen molar-refractivity contribution in [2.75, 3.05) is 23.7 Å². The van der Waals surface area contributed by atoms with E-state index in [1.54, 1.807) is 12.1 Å². The van der Waals surface area contributed by atoms with Gasteiger partial charge < -0.3 is 10.2 Å². The van der Waals surface area contributed by atoms with E-state index in [2.05, 4.69) is 26.1 Å². The Morgan fingerprint density at radius 3 is 2.02 bits per heavy atom. The zero-order valence-electron chi connectivity index (χ0n) is 25.9. The minimum absolute atomic E-state index is 0.109. The molecule has 7 nitrogen and oxygen atoms in total. The number of carbonyl (C=O) groups is 2. The molecule has 3 aromatic carbocycles. The van der Waals surface area contributed by atoms with Crippen LogP contribution in [0, 0.1) is 12.8 Å². The molecule has 3 aromatic rings. The number of amides is 2. The molecule has 0 spiro atoms. The number of aryl methyl sites for hydroxylation is 1. The second-order valence-electron chi connectivity index (χ2n) is 12.4. The molecule has 1 atom stereocenters. The largest absolute Gasteiger partial charge is 0.354 e. The van der Waals surface area contributed by atoms with E-state index in [-0.39, 0.29) is 23.8 Å². The summed E-state index contributed by atoms with van der Waals surface area (Å²) in [5.41, 5.74) is 4.12. The predicted molar refractivity (Wildman–Crippen MR) is 171 cm³/mol. The standard InChI is InChI=1S/C34H45N3O4S/c1-25(2)22-35-33(39)31(21-27-14-9-8-10-15-27)36(23-28-16-12-11-13-26(28)3)32(38)24-37(42(7,40)41)30-19-17-29(18-20-30)34(4,5)6/h8-20,25,31H,21-24H2,1-7H3,(H,35,39)/t31-/m1/s1. The molecule has 0 aromatic heterocycles. The van der Waals surface area contributed by atoms with Gasteiger partial charge in [-0.1, -0.05) is 101 Å². The summed E-state index contributed by atoms with van der Waals surface area (Å²) in [6.07, 6.45) is 1.39. The summed E-state index contributed by atoms with van der Waals surface area (Å²) in [4.78, 5) is 29.5. The molecule has 0 bridgehead atoms. The van der Waals surface area contributed by atoms with Crippen molar-refractivity contribution in [2.24, 2.45) is 5.92 Å². The number of benzene rings is 3. The quantitative estimate of drug-likeness (QED) is 0.303. The Morgan fingerprint density at radius 1 is 0.881 bits per heavy atom. The third-order valence-electron chi connectivity index (χ3n) is 7.26. The fourth-order valence-corrected chi connectivity index (χ4v) is 5.54. The third kappa shape index (κ3) is 9.18. The smallest absolute Gasteiger partial charge is 0.244 e. The van der Waals surface area contributed by atoms with Crippen LogP contribution in [-0.2, 0) is 38.0 Å². The fourth-order valence-electron chi connectivity index (χ4n) is 4.69. The highest BCUT2D eigenvalue weighted by atomic mass is 32.2. The van der Waals surface area contributed by atoms with Crippen molar-refractivity contribution in [3.05, 3.63) is 101 Å². The van der Waals surface area contributed by atoms with Crippen molar-refractivity contribution in [3.63, 3.8) is 0 Å². The van der Waals surface area contributed by atoms with Gasteiger partial charge in [0.25, 0.3) is 0 Å². The summed E-state index contributed by atoms with van der Waals surface area (Å²) < 4.78 is 27.2. The molecule has 42 heavy (non-hydrogen) atoms. The highest BCUT2D eigenvalue weighted by molar-refractivity contribution is 7.92. The van der Waals surface area contributed by atoms with Crippen LogP contribution in [0.3, 0.4) is 0 Å². The van der Waals surface area contributed by atoms with Gasteiger partial charge in [0.1, 0.15) is 12.6 Å². The second-order valence-corrected chi connectivity index (χ2v) is 14.3. The zero-order valence-corrected chi connectivity index (χ0v) is 26.7. The molecule has 0 unspecified atom stereocenters. The number of nitrogens with zero attached hydrogens (tertiary/aromatic N) is 2. The SMILES string of the molecule is Cc1ccccc1CN(C(=O)CN(c1ccc(C(C)(C)C)cc1)S(C)(=O)=O)[C@H](Cc1ccccc1)C(=O)NCC(C)C. The van der Waals surface area contributed by atoms with Gasteiger partial charge in [-0.25, -0.2) is 8.42 Å². The zero-order chi connectivity index (χ0) is 31.1. The average molecular weight is 592 g/mol. The number of hydrogen-bond acceptors (Lipinski definition) is 4.